The van der Waals surface area contributed by atoms with Gasteiger partial charge in [-0.15, -0.1) is 0 Å². The van der Waals surface area contributed by atoms with E-state index < -0.39 is 22.3 Å². The third kappa shape index (κ3) is 4.09. The van der Waals surface area contributed by atoms with Crippen LogP contribution in [-0.4, -0.2) is 30.1 Å². The average Bonchev–Trinajstić information content (AvgIpc) is 3.11. The Morgan fingerprint density at radius 3 is 2.43 bits per heavy atom. The summed E-state index contributed by atoms with van der Waals surface area (Å²) >= 11 is 0. The van der Waals surface area contributed by atoms with Gasteiger partial charge in [-0.25, -0.2) is 13.4 Å². The fourth-order valence-electron chi connectivity index (χ4n) is 2.67. The third-order valence-electron chi connectivity index (χ3n) is 4.16. The zero-order valence-electron chi connectivity index (χ0n) is 15.1. The summed E-state index contributed by atoms with van der Waals surface area (Å²) in [6.07, 6.45) is 3.54. The van der Waals surface area contributed by atoms with Crippen LogP contribution in [0.25, 0.3) is 11.4 Å². The number of aromatic nitrogens is 2. The van der Waals surface area contributed by atoms with E-state index in [0.717, 1.165) is 10.8 Å². The van der Waals surface area contributed by atoms with Crippen molar-refractivity contribution in [2.24, 2.45) is 0 Å². The van der Waals surface area contributed by atoms with Crippen molar-refractivity contribution in [3.63, 3.8) is 0 Å². The summed E-state index contributed by atoms with van der Waals surface area (Å²) in [5.74, 6) is -0.352. The first-order valence-electron chi connectivity index (χ1n) is 8.20. The topological polar surface area (TPSA) is 81.1 Å². The van der Waals surface area contributed by atoms with Crippen molar-refractivity contribution >= 4 is 21.4 Å². The number of hydrogen-bond acceptors (Lipinski definition) is 4. The first kappa shape index (κ1) is 19.7. The number of nitrogens with one attached hydrogen (secondary N) is 1. The molecule has 0 spiro atoms. The lowest BCUT2D eigenvalue weighted by atomic mass is 10.1. The van der Waals surface area contributed by atoms with Gasteiger partial charge < -0.3 is 5.32 Å². The van der Waals surface area contributed by atoms with Crippen molar-refractivity contribution in [3.05, 3.63) is 66.0 Å². The minimum Gasteiger partial charge on any atom is -0.322 e. The predicted octanol–water partition coefficient (Wildman–Crippen LogP) is 3.91. The molecule has 0 atom stereocenters. The van der Waals surface area contributed by atoms with Gasteiger partial charge >= 0.3 is 6.55 Å². The number of halogens is 2. The van der Waals surface area contributed by atoms with Crippen LogP contribution in [0.2, 0.25) is 0 Å². The lowest BCUT2D eigenvalue weighted by molar-refractivity contribution is 0.0720. The van der Waals surface area contributed by atoms with Gasteiger partial charge in [-0.2, -0.15) is 8.78 Å². The van der Waals surface area contributed by atoms with E-state index in [9.17, 15) is 22.0 Å². The van der Waals surface area contributed by atoms with E-state index in [-0.39, 0.29) is 16.3 Å². The van der Waals surface area contributed by atoms with Crippen LogP contribution in [0.1, 0.15) is 22.5 Å². The molecule has 1 amide bonds. The highest BCUT2D eigenvalue weighted by Gasteiger charge is 2.16. The van der Waals surface area contributed by atoms with Crippen molar-refractivity contribution in [1.29, 1.82) is 0 Å². The van der Waals surface area contributed by atoms with Crippen LogP contribution in [0, 0.1) is 6.92 Å². The maximum absolute atomic E-state index is 13.0. The molecule has 28 heavy (non-hydrogen) atoms. The average molecular weight is 405 g/mol. The maximum Gasteiger partial charge on any atom is 0.320 e. The number of aryl methyl sites for hydroxylation is 1. The van der Waals surface area contributed by atoms with E-state index in [2.05, 4.69) is 10.3 Å². The number of imidazole rings is 1. The molecule has 0 aliphatic carbocycles. The Bertz CT molecular complexity index is 1120. The molecule has 1 N–H and O–H groups in total. The molecule has 0 saturated carbocycles. The molecule has 0 bridgehead atoms. The number of anilines is 1. The zero-order valence-corrected chi connectivity index (χ0v) is 15.9. The molecule has 0 saturated heterocycles. The van der Waals surface area contributed by atoms with Gasteiger partial charge in [0.2, 0.25) is 0 Å². The van der Waals surface area contributed by atoms with E-state index >= 15 is 0 Å². The normalized spacial score (nSPS) is 11.6. The van der Waals surface area contributed by atoms with Crippen molar-refractivity contribution in [1.82, 2.24) is 9.55 Å². The Balaban J connectivity index is 1.83. The van der Waals surface area contributed by atoms with Crippen molar-refractivity contribution in [2.45, 2.75) is 18.4 Å². The van der Waals surface area contributed by atoms with Crippen molar-refractivity contribution in [3.8, 4) is 11.4 Å². The standard InChI is InChI=1S/C19H17F2N3O3S/c1-12-3-8-15(28(2,26)27)11-16(12)18(25)23-14-6-4-13(5-7-14)17-22-9-10-24(17)19(20)21/h3-11,19H,1-2H3,(H,23,25). The second kappa shape index (κ2) is 7.51. The lowest BCUT2D eigenvalue weighted by Gasteiger charge is -2.10. The number of amides is 1. The summed E-state index contributed by atoms with van der Waals surface area (Å²) in [5, 5.41) is 2.68. The van der Waals surface area contributed by atoms with Gasteiger partial charge in [0.25, 0.3) is 5.91 Å². The molecular weight excluding hydrogens is 388 g/mol. The molecule has 0 aliphatic rings. The highest BCUT2D eigenvalue weighted by molar-refractivity contribution is 7.90. The summed E-state index contributed by atoms with van der Waals surface area (Å²) in [7, 11) is -3.44. The van der Waals surface area contributed by atoms with Crippen LogP contribution >= 0.6 is 0 Å². The SMILES string of the molecule is Cc1ccc(S(C)(=O)=O)cc1C(=O)Nc1ccc(-c2nccn2C(F)F)cc1. The number of carbonyl (C=O) groups excluding carboxylic acids is 1. The molecule has 0 radical (unpaired) electrons. The second-order valence-electron chi connectivity index (χ2n) is 6.22. The Labute approximate surface area is 160 Å². The van der Waals surface area contributed by atoms with Gasteiger partial charge in [-0.1, -0.05) is 6.07 Å². The number of rotatable bonds is 5. The molecule has 0 unspecified atom stereocenters. The number of hydrogen-bond donors (Lipinski definition) is 1. The van der Waals surface area contributed by atoms with Gasteiger partial charge in [0, 0.05) is 35.5 Å². The van der Waals surface area contributed by atoms with E-state index in [1.807, 2.05) is 0 Å². The largest absolute Gasteiger partial charge is 0.322 e. The maximum atomic E-state index is 13.0. The van der Waals surface area contributed by atoms with Crippen LogP contribution in [0.15, 0.2) is 59.8 Å². The highest BCUT2D eigenvalue weighted by atomic mass is 32.2. The van der Waals surface area contributed by atoms with E-state index in [1.165, 1.54) is 24.5 Å². The summed E-state index contributed by atoms with van der Waals surface area (Å²) in [6, 6.07) is 10.6. The molecule has 6 nitrogen and oxygen atoms in total. The van der Waals surface area contributed by atoms with Gasteiger partial charge in [-0.3, -0.25) is 9.36 Å². The number of alkyl halides is 2. The fraction of sp³-hybridized carbons (Fsp3) is 0.158. The zero-order chi connectivity index (χ0) is 20.5. The minimum atomic E-state index is -3.44. The van der Waals surface area contributed by atoms with E-state index in [4.69, 9.17) is 0 Å². The second-order valence-corrected chi connectivity index (χ2v) is 8.23. The van der Waals surface area contributed by atoms with Crippen LogP contribution in [-0.2, 0) is 9.84 Å². The lowest BCUT2D eigenvalue weighted by Crippen LogP contribution is -2.14. The molecule has 9 heteroatoms. The summed E-state index contributed by atoms with van der Waals surface area (Å²) in [4.78, 5) is 16.5. The molecule has 2 aromatic carbocycles. The molecule has 3 aromatic rings. The number of nitrogens with zero attached hydrogens (tertiary/aromatic N) is 2. The molecule has 1 heterocycles. The van der Waals surface area contributed by atoms with Crippen molar-refractivity contribution in [2.75, 3.05) is 11.6 Å². The smallest absolute Gasteiger partial charge is 0.320 e. The Hall–Kier alpha value is -3.07. The number of benzene rings is 2. The Kier molecular flexibility index (Phi) is 5.28. The predicted molar refractivity (Wildman–Crippen MR) is 101 cm³/mol. The monoisotopic (exact) mass is 405 g/mol. The molecular formula is C19H17F2N3O3S. The minimum absolute atomic E-state index is 0.0532. The van der Waals surface area contributed by atoms with Gasteiger partial charge in [0.15, 0.2) is 9.84 Å². The van der Waals surface area contributed by atoms with Gasteiger partial charge in [0.1, 0.15) is 5.82 Å². The molecule has 146 valence electrons. The van der Waals surface area contributed by atoms with Crippen LogP contribution in [0.3, 0.4) is 0 Å². The van der Waals surface area contributed by atoms with Crippen molar-refractivity contribution < 1.29 is 22.0 Å². The Morgan fingerprint density at radius 2 is 1.82 bits per heavy atom. The number of sulfone groups is 1. The molecule has 1 aromatic heterocycles. The fourth-order valence-corrected chi connectivity index (χ4v) is 3.32. The first-order valence-corrected chi connectivity index (χ1v) is 10.1. The molecule has 0 aliphatic heterocycles. The third-order valence-corrected chi connectivity index (χ3v) is 5.27. The Morgan fingerprint density at radius 1 is 1.14 bits per heavy atom. The number of carbonyl (C=O) groups is 1. The summed E-state index contributed by atoms with van der Waals surface area (Å²) in [6.45, 7) is -1.00. The quantitative estimate of drug-likeness (QED) is 0.698. The van der Waals surface area contributed by atoms with E-state index in [1.54, 1.807) is 37.3 Å². The van der Waals surface area contributed by atoms with E-state index in [0.29, 0.717) is 16.8 Å². The highest BCUT2D eigenvalue weighted by Crippen LogP contribution is 2.24. The first-order chi connectivity index (χ1) is 13.2. The summed E-state index contributed by atoms with van der Waals surface area (Å²) < 4.78 is 50.1. The van der Waals surface area contributed by atoms with Crippen LogP contribution in [0.4, 0.5) is 14.5 Å². The summed E-state index contributed by atoms with van der Waals surface area (Å²) in [5.41, 5.74) is 1.77. The molecule has 0 fully saturated rings. The van der Waals surface area contributed by atoms with Gasteiger partial charge in [0.05, 0.1) is 4.90 Å². The van der Waals surface area contributed by atoms with Crippen LogP contribution in [0.5, 0.6) is 0 Å². The molecule has 3 rings (SSSR count). The van der Waals surface area contributed by atoms with Crippen LogP contribution < -0.4 is 5.32 Å². The van der Waals surface area contributed by atoms with Gasteiger partial charge in [-0.05, 0) is 48.9 Å².